The van der Waals surface area contributed by atoms with Gasteiger partial charge in [0, 0.05) is 29.2 Å². The van der Waals surface area contributed by atoms with Crippen LogP contribution in [0.5, 0.6) is 10.9 Å². The smallest absolute Gasteiger partial charge is 0.298 e. The van der Waals surface area contributed by atoms with E-state index in [4.69, 9.17) is 16.3 Å². The van der Waals surface area contributed by atoms with E-state index in [1.54, 1.807) is 18.5 Å². The topological polar surface area (TPSA) is 47.9 Å². The quantitative estimate of drug-likeness (QED) is 0.834. The zero-order valence-electron chi connectivity index (χ0n) is 9.77. The lowest BCUT2D eigenvalue weighted by molar-refractivity contribution is 0.466. The molecule has 0 aliphatic heterocycles. The first-order valence-electron chi connectivity index (χ1n) is 5.08. The third-order valence-electron chi connectivity index (χ3n) is 1.96. The highest BCUT2D eigenvalue weighted by Crippen LogP contribution is 2.28. The highest BCUT2D eigenvalue weighted by molar-refractivity contribution is 7.07. The Kier molecular flexibility index (Phi) is 3.31. The Bertz CT molecular complexity index is 521. The molecule has 2 aromatic heterocycles. The van der Waals surface area contributed by atoms with Gasteiger partial charge in [0.05, 0.1) is 11.2 Å². The number of hydrogen-bond acceptors (Lipinski definition) is 5. The van der Waals surface area contributed by atoms with Gasteiger partial charge >= 0.3 is 0 Å². The first-order valence-corrected chi connectivity index (χ1v) is 6.23. The molecule has 0 unspecified atom stereocenters. The molecule has 2 rings (SSSR count). The van der Waals surface area contributed by atoms with E-state index in [2.05, 4.69) is 35.1 Å². The van der Waals surface area contributed by atoms with Gasteiger partial charge in [0.1, 0.15) is 5.75 Å². The van der Waals surface area contributed by atoms with Crippen molar-refractivity contribution in [3.8, 4) is 10.9 Å². The summed E-state index contributed by atoms with van der Waals surface area (Å²) in [7, 11) is 0. The molecule has 0 aromatic carbocycles. The van der Waals surface area contributed by atoms with Gasteiger partial charge < -0.3 is 4.74 Å². The molecule has 0 saturated heterocycles. The Balaban J connectivity index is 2.17. The van der Waals surface area contributed by atoms with Crippen LogP contribution in [-0.2, 0) is 5.41 Å². The standard InChI is InChI=1S/C11H12ClN3OS/c1-11(2,3)9-14-10(17-15-9)16-8-4-7(12)5-13-6-8/h4-6H,1-3H3. The molecule has 4 nitrogen and oxygen atoms in total. The molecule has 0 atom stereocenters. The van der Waals surface area contributed by atoms with Crippen molar-refractivity contribution in [2.75, 3.05) is 0 Å². The lowest BCUT2D eigenvalue weighted by Crippen LogP contribution is -2.12. The molecular weight excluding hydrogens is 258 g/mol. The maximum Gasteiger partial charge on any atom is 0.298 e. The van der Waals surface area contributed by atoms with E-state index in [9.17, 15) is 0 Å². The van der Waals surface area contributed by atoms with Gasteiger partial charge in [-0.2, -0.15) is 9.36 Å². The van der Waals surface area contributed by atoms with Crippen LogP contribution in [-0.4, -0.2) is 14.3 Å². The second kappa shape index (κ2) is 4.58. The fraction of sp³-hybridized carbons (Fsp3) is 0.364. The van der Waals surface area contributed by atoms with Crippen LogP contribution < -0.4 is 4.74 Å². The van der Waals surface area contributed by atoms with E-state index in [1.807, 2.05) is 0 Å². The van der Waals surface area contributed by atoms with E-state index in [0.29, 0.717) is 16.0 Å². The molecule has 0 aliphatic carbocycles. The van der Waals surface area contributed by atoms with Crippen LogP contribution in [0.3, 0.4) is 0 Å². The molecule has 0 N–H and O–H groups in total. The second-order valence-electron chi connectivity index (χ2n) is 4.57. The van der Waals surface area contributed by atoms with Crippen LogP contribution in [0.2, 0.25) is 5.02 Å². The fourth-order valence-corrected chi connectivity index (χ4v) is 2.01. The van der Waals surface area contributed by atoms with Crippen LogP contribution >= 0.6 is 23.1 Å². The maximum absolute atomic E-state index is 5.81. The predicted molar refractivity (Wildman–Crippen MR) is 67.9 cm³/mol. The highest BCUT2D eigenvalue weighted by Gasteiger charge is 2.20. The van der Waals surface area contributed by atoms with E-state index in [-0.39, 0.29) is 5.41 Å². The lowest BCUT2D eigenvalue weighted by atomic mass is 9.96. The molecule has 0 bridgehead atoms. The summed E-state index contributed by atoms with van der Waals surface area (Å²) in [4.78, 5) is 8.26. The Morgan fingerprint density at radius 1 is 1.29 bits per heavy atom. The largest absolute Gasteiger partial charge is 0.428 e. The Morgan fingerprint density at radius 2 is 2.06 bits per heavy atom. The van der Waals surface area contributed by atoms with Crippen molar-refractivity contribution >= 4 is 23.1 Å². The van der Waals surface area contributed by atoms with Gasteiger partial charge in [0.15, 0.2) is 5.82 Å². The van der Waals surface area contributed by atoms with Crippen molar-refractivity contribution in [3.05, 3.63) is 29.3 Å². The van der Waals surface area contributed by atoms with E-state index < -0.39 is 0 Å². The molecule has 0 amide bonds. The number of rotatable bonds is 2. The van der Waals surface area contributed by atoms with Crippen LogP contribution in [0, 0.1) is 0 Å². The van der Waals surface area contributed by atoms with Crippen molar-refractivity contribution in [2.24, 2.45) is 0 Å². The normalized spacial score (nSPS) is 11.5. The molecule has 2 heterocycles. The summed E-state index contributed by atoms with van der Waals surface area (Å²) >= 11 is 7.04. The van der Waals surface area contributed by atoms with Crippen molar-refractivity contribution in [1.82, 2.24) is 14.3 Å². The number of aromatic nitrogens is 3. The van der Waals surface area contributed by atoms with Gasteiger partial charge in [-0.05, 0) is 0 Å². The highest BCUT2D eigenvalue weighted by atomic mass is 35.5. The molecule has 0 aliphatic rings. The van der Waals surface area contributed by atoms with E-state index in [1.165, 1.54) is 11.5 Å². The Hall–Kier alpha value is -1.20. The number of nitrogens with zero attached hydrogens (tertiary/aromatic N) is 3. The monoisotopic (exact) mass is 269 g/mol. The van der Waals surface area contributed by atoms with Crippen LogP contribution in [0.4, 0.5) is 0 Å². The summed E-state index contributed by atoms with van der Waals surface area (Å²) in [5.74, 6) is 1.33. The van der Waals surface area contributed by atoms with E-state index in [0.717, 1.165) is 5.82 Å². The number of hydrogen-bond donors (Lipinski definition) is 0. The number of halogens is 1. The summed E-state index contributed by atoms with van der Waals surface area (Å²) in [5.41, 5.74) is -0.0787. The summed E-state index contributed by atoms with van der Waals surface area (Å²) in [5, 5.41) is 1.03. The third-order valence-corrected chi connectivity index (χ3v) is 2.76. The SMILES string of the molecule is CC(C)(C)c1nsc(Oc2cncc(Cl)c2)n1. The average molecular weight is 270 g/mol. The minimum atomic E-state index is -0.0787. The molecule has 0 saturated carbocycles. The Morgan fingerprint density at radius 3 is 2.65 bits per heavy atom. The third kappa shape index (κ3) is 3.14. The first kappa shape index (κ1) is 12.3. The molecule has 0 spiro atoms. The summed E-state index contributed by atoms with van der Waals surface area (Å²) < 4.78 is 9.79. The molecule has 6 heteroatoms. The average Bonchev–Trinajstić information content (AvgIpc) is 2.65. The van der Waals surface area contributed by atoms with Crippen molar-refractivity contribution in [1.29, 1.82) is 0 Å². The predicted octanol–water partition coefficient (Wildman–Crippen LogP) is 3.68. The van der Waals surface area contributed by atoms with Gasteiger partial charge in [-0.1, -0.05) is 32.4 Å². The fourth-order valence-electron chi connectivity index (χ4n) is 1.10. The van der Waals surface area contributed by atoms with Gasteiger partial charge in [0.2, 0.25) is 0 Å². The number of pyridine rings is 1. The Labute approximate surface area is 109 Å². The van der Waals surface area contributed by atoms with Gasteiger partial charge in [-0.25, -0.2) is 0 Å². The second-order valence-corrected chi connectivity index (χ2v) is 5.73. The van der Waals surface area contributed by atoms with Crippen molar-refractivity contribution < 1.29 is 4.74 Å². The zero-order chi connectivity index (χ0) is 12.5. The minimum absolute atomic E-state index is 0.0787. The number of ether oxygens (including phenoxy) is 1. The van der Waals surface area contributed by atoms with Gasteiger partial charge in [0.25, 0.3) is 5.19 Å². The molecule has 2 aromatic rings. The lowest BCUT2D eigenvalue weighted by Gasteiger charge is -2.11. The molecule has 17 heavy (non-hydrogen) atoms. The van der Waals surface area contributed by atoms with Crippen molar-refractivity contribution in [2.45, 2.75) is 26.2 Å². The summed E-state index contributed by atoms with van der Waals surface area (Å²) in [6.45, 7) is 6.17. The zero-order valence-corrected chi connectivity index (χ0v) is 11.3. The first-order chi connectivity index (χ1) is 7.95. The molecular formula is C11H12ClN3OS. The van der Waals surface area contributed by atoms with Crippen LogP contribution in [0.1, 0.15) is 26.6 Å². The van der Waals surface area contributed by atoms with Gasteiger partial charge in [-0.15, -0.1) is 0 Å². The van der Waals surface area contributed by atoms with Crippen LogP contribution in [0.15, 0.2) is 18.5 Å². The van der Waals surface area contributed by atoms with Crippen LogP contribution in [0.25, 0.3) is 0 Å². The molecule has 0 fully saturated rings. The van der Waals surface area contributed by atoms with Gasteiger partial charge in [-0.3, -0.25) is 4.98 Å². The minimum Gasteiger partial charge on any atom is -0.428 e. The van der Waals surface area contributed by atoms with E-state index >= 15 is 0 Å². The molecule has 0 radical (unpaired) electrons. The maximum atomic E-state index is 5.81. The molecule has 90 valence electrons. The summed E-state index contributed by atoms with van der Waals surface area (Å²) in [6.07, 6.45) is 3.14. The van der Waals surface area contributed by atoms with Crippen molar-refractivity contribution in [3.63, 3.8) is 0 Å². The summed E-state index contributed by atoms with van der Waals surface area (Å²) in [6, 6.07) is 1.69.